The Labute approximate surface area is 229 Å². The van der Waals surface area contributed by atoms with Gasteiger partial charge < -0.3 is 9.64 Å². The lowest BCUT2D eigenvalue weighted by atomic mass is 9.96. The van der Waals surface area contributed by atoms with Gasteiger partial charge >= 0.3 is 0 Å². The molecule has 1 saturated carbocycles. The van der Waals surface area contributed by atoms with Gasteiger partial charge in [0.05, 0.1) is 22.2 Å². The average molecular weight is 567 g/mol. The maximum atomic E-state index is 13.6. The SMILES string of the molecule is COc1ccc2nc(N(CCN(C)C)C(=O)c3ccc(S(=O)(=O)N(C)C4CCCCC4)cc3)sc2c1.Cl. The zero-order chi connectivity index (χ0) is 25.9. The highest BCUT2D eigenvalue weighted by molar-refractivity contribution is 7.89. The predicted octanol–water partition coefficient (Wildman–Crippen LogP) is 4.89. The number of sulfonamides is 1. The molecule has 1 fully saturated rings. The molecule has 1 aromatic heterocycles. The van der Waals surface area contributed by atoms with Crippen molar-refractivity contribution in [1.29, 1.82) is 0 Å². The Morgan fingerprint density at radius 2 is 1.70 bits per heavy atom. The Kier molecular flexibility index (Phi) is 9.93. The summed E-state index contributed by atoms with van der Waals surface area (Å²) in [4.78, 5) is 22.2. The first-order chi connectivity index (χ1) is 17.2. The van der Waals surface area contributed by atoms with E-state index in [-0.39, 0.29) is 29.3 Å². The number of carbonyl (C=O) groups is 1. The summed E-state index contributed by atoms with van der Waals surface area (Å²) in [7, 11) is 3.57. The first-order valence-corrected chi connectivity index (χ1v) is 14.5. The molecule has 4 rings (SSSR count). The standard InChI is InChI=1S/C26H34N4O4S2.ClH/c1-28(2)16-17-30(26-27-23-15-12-21(34-4)18-24(23)35-26)25(31)19-10-13-22(14-11-19)36(32,33)29(3)20-8-6-5-7-9-20;/h10-15,18,20H,5-9,16-17H2,1-4H3;1H. The number of carbonyl (C=O) groups excluding carboxylic acids is 1. The van der Waals surface area contributed by atoms with Crippen LogP contribution in [0.15, 0.2) is 47.4 Å². The zero-order valence-corrected chi connectivity index (χ0v) is 24.2. The van der Waals surface area contributed by atoms with Crippen LogP contribution in [0.5, 0.6) is 5.75 Å². The van der Waals surface area contributed by atoms with Gasteiger partial charge in [-0.25, -0.2) is 13.4 Å². The molecule has 0 saturated heterocycles. The summed E-state index contributed by atoms with van der Waals surface area (Å²) in [5, 5.41) is 0.596. The van der Waals surface area contributed by atoms with Gasteiger partial charge in [0.15, 0.2) is 5.13 Å². The van der Waals surface area contributed by atoms with E-state index >= 15 is 0 Å². The van der Waals surface area contributed by atoms with Crippen molar-refractivity contribution >= 4 is 55.0 Å². The van der Waals surface area contributed by atoms with E-state index in [0.717, 1.165) is 48.1 Å². The molecule has 202 valence electrons. The van der Waals surface area contributed by atoms with Crippen LogP contribution < -0.4 is 9.64 Å². The summed E-state index contributed by atoms with van der Waals surface area (Å²) in [6, 6.07) is 11.9. The van der Waals surface area contributed by atoms with E-state index in [0.29, 0.717) is 23.8 Å². The van der Waals surface area contributed by atoms with Crippen LogP contribution in [0.3, 0.4) is 0 Å². The summed E-state index contributed by atoms with van der Waals surface area (Å²) in [5.74, 6) is 0.520. The van der Waals surface area contributed by atoms with Crippen molar-refractivity contribution in [3.8, 4) is 5.75 Å². The molecule has 0 bridgehead atoms. The summed E-state index contributed by atoms with van der Waals surface area (Å²) < 4.78 is 34.2. The van der Waals surface area contributed by atoms with Gasteiger partial charge in [0.2, 0.25) is 10.0 Å². The number of thiazole rings is 1. The number of benzene rings is 2. The third kappa shape index (κ3) is 6.61. The van der Waals surface area contributed by atoms with Gasteiger partial charge in [-0.1, -0.05) is 30.6 Å². The van der Waals surface area contributed by atoms with Crippen molar-refractivity contribution < 1.29 is 17.9 Å². The van der Waals surface area contributed by atoms with Crippen molar-refractivity contribution in [2.24, 2.45) is 0 Å². The minimum absolute atomic E-state index is 0. The average Bonchev–Trinajstić information content (AvgIpc) is 3.31. The third-order valence-corrected chi connectivity index (χ3v) is 9.66. The largest absolute Gasteiger partial charge is 0.497 e. The molecular formula is C26H35ClN4O4S2. The minimum Gasteiger partial charge on any atom is -0.497 e. The molecular weight excluding hydrogens is 532 g/mol. The Morgan fingerprint density at radius 1 is 1.03 bits per heavy atom. The second kappa shape index (κ2) is 12.5. The zero-order valence-electron chi connectivity index (χ0n) is 21.7. The van der Waals surface area contributed by atoms with Crippen molar-refractivity contribution in [2.45, 2.75) is 43.0 Å². The molecule has 2 aromatic carbocycles. The molecule has 1 aliphatic carbocycles. The van der Waals surface area contributed by atoms with E-state index in [1.54, 1.807) is 31.2 Å². The molecule has 0 spiro atoms. The number of hydrogen-bond acceptors (Lipinski definition) is 7. The minimum atomic E-state index is -3.62. The van der Waals surface area contributed by atoms with Crippen LogP contribution in [0, 0.1) is 0 Å². The summed E-state index contributed by atoms with van der Waals surface area (Å²) >= 11 is 1.43. The van der Waals surface area contributed by atoms with Crippen LogP contribution in [-0.2, 0) is 10.0 Å². The van der Waals surface area contributed by atoms with E-state index < -0.39 is 10.0 Å². The van der Waals surface area contributed by atoms with E-state index in [1.807, 2.05) is 37.2 Å². The van der Waals surface area contributed by atoms with E-state index in [1.165, 1.54) is 27.8 Å². The highest BCUT2D eigenvalue weighted by Gasteiger charge is 2.29. The number of anilines is 1. The first-order valence-electron chi connectivity index (χ1n) is 12.2. The molecule has 8 nitrogen and oxygen atoms in total. The predicted molar refractivity (Wildman–Crippen MR) is 152 cm³/mol. The molecule has 0 radical (unpaired) electrons. The second-order valence-electron chi connectivity index (χ2n) is 9.43. The van der Waals surface area contributed by atoms with Gasteiger partial charge in [0.25, 0.3) is 5.91 Å². The van der Waals surface area contributed by atoms with E-state index in [4.69, 9.17) is 9.72 Å². The smallest absolute Gasteiger partial charge is 0.260 e. The summed E-state index contributed by atoms with van der Waals surface area (Å²) in [5.41, 5.74) is 1.22. The van der Waals surface area contributed by atoms with Gasteiger partial charge in [0.1, 0.15) is 5.75 Å². The highest BCUT2D eigenvalue weighted by atomic mass is 35.5. The highest BCUT2D eigenvalue weighted by Crippen LogP contribution is 2.32. The Morgan fingerprint density at radius 3 is 2.32 bits per heavy atom. The number of halogens is 1. The van der Waals surface area contributed by atoms with Crippen molar-refractivity contribution in [3.63, 3.8) is 0 Å². The molecule has 1 aliphatic rings. The van der Waals surface area contributed by atoms with Gasteiger partial charge in [-0.05, 0) is 69.4 Å². The van der Waals surface area contributed by atoms with Crippen molar-refractivity contribution in [2.75, 3.05) is 46.2 Å². The summed E-state index contributed by atoms with van der Waals surface area (Å²) in [6.45, 7) is 1.11. The Bertz CT molecular complexity index is 1310. The molecule has 0 atom stereocenters. The maximum absolute atomic E-state index is 13.6. The lowest BCUT2D eigenvalue weighted by Gasteiger charge is -2.30. The normalized spacial score (nSPS) is 14.6. The van der Waals surface area contributed by atoms with Crippen molar-refractivity contribution in [3.05, 3.63) is 48.0 Å². The number of aromatic nitrogens is 1. The summed E-state index contributed by atoms with van der Waals surface area (Å²) in [6.07, 6.45) is 5.05. The third-order valence-electron chi connectivity index (χ3n) is 6.70. The second-order valence-corrected chi connectivity index (χ2v) is 12.4. The fraction of sp³-hybridized carbons (Fsp3) is 0.462. The number of likely N-dealkylation sites (N-methyl/N-ethyl adjacent to an activating group) is 1. The Balaban J connectivity index is 0.00000380. The number of rotatable bonds is 9. The molecule has 1 heterocycles. The number of methoxy groups -OCH3 is 1. The lowest BCUT2D eigenvalue weighted by molar-refractivity contribution is 0.0985. The van der Waals surface area contributed by atoms with E-state index in [9.17, 15) is 13.2 Å². The van der Waals surface area contributed by atoms with Crippen LogP contribution in [0.2, 0.25) is 0 Å². The molecule has 1 amide bonds. The van der Waals surface area contributed by atoms with E-state index in [2.05, 4.69) is 0 Å². The molecule has 11 heteroatoms. The number of fused-ring (bicyclic) bond motifs is 1. The molecule has 0 N–H and O–H groups in total. The topological polar surface area (TPSA) is 83.0 Å². The Hall–Kier alpha value is -2.24. The van der Waals surface area contributed by atoms with Crippen molar-refractivity contribution in [1.82, 2.24) is 14.2 Å². The number of hydrogen-bond donors (Lipinski definition) is 0. The quantitative estimate of drug-likeness (QED) is 0.367. The first kappa shape index (κ1) is 29.3. The number of amides is 1. The molecule has 37 heavy (non-hydrogen) atoms. The van der Waals surface area contributed by atoms with Crippen LogP contribution in [-0.4, -0.2) is 75.9 Å². The van der Waals surface area contributed by atoms with Gasteiger partial charge in [0, 0.05) is 31.7 Å². The molecule has 3 aromatic rings. The lowest BCUT2D eigenvalue weighted by Crippen LogP contribution is -2.38. The monoisotopic (exact) mass is 566 g/mol. The molecule has 0 aliphatic heterocycles. The number of ether oxygens (including phenoxy) is 1. The fourth-order valence-electron chi connectivity index (χ4n) is 4.45. The van der Waals surface area contributed by atoms with Gasteiger partial charge in [-0.15, -0.1) is 12.4 Å². The van der Waals surface area contributed by atoms with Crippen LogP contribution >= 0.6 is 23.7 Å². The van der Waals surface area contributed by atoms with Gasteiger partial charge in [-0.3, -0.25) is 9.69 Å². The van der Waals surface area contributed by atoms with Crippen LogP contribution in [0.25, 0.3) is 10.2 Å². The number of nitrogens with zero attached hydrogens (tertiary/aromatic N) is 4. The molecule has 0 unspecified atom stereocenters. The fourth-order valence-corrected chi connectivity index (χ4v) is 6.89. The van der Waals surface area contributed by atoms with Gasteiger partial charge in [-0.2, -0.15) is 4.31 Å². The maximum Gasteiger partial charge on any atom is 0.260 e. The van der Waals surface area contributed by atoms with Crippen LogP contribution in [0.4, 0.5) is 5.13 Å². The van der Waals surface area contributed by atoms with Crippen LogP contribution in [0.1, 0.15) is 42.5 Å².